The van der Waals surface area contributed by atoms with Gasteiger partial charge in [-0.05, 0) is 41.9 Å². The summed E-state index contributed by atoms with van der Waals surface area (Å²) in [7, 11) is -1.39. The second-order valence-corrected chi connectivity index (χ2v) is 5.11. The summed E-state index contributed by atoms with van der Waals surface area (Å²) in [5, 5.41) is 18.8. The van der Waals surface area contributed by atoms with E-state index in [1.54, 1.807) is 0 Å². The van der Waals surface area contributed by atoms with E-state index >= 15 is 0 Å². The molecule has 1 aromatic rings. The first kappa shape index (κ1) is 12.0. The van der Waals surface area contributed by atoms with Gasteiger partial charge >= 0.3 is 7.12 Å². The zero-order valence-corrected chi connectivity index (χ0v) is 10.4. The largest absolute Gasteiger partial charge is 0.488 e. The van der Waals surface area contributed by atoms with Crippen molar-refractivity contribution in [3.63, 3.8) is 0 Å². The Morgan fingerprint density at radius 2 is 1.83 bits per heavy atom. The molecule has 0 atom stereocenters. The number of hydrogen-bond acceptors (Lipinski definition) is 4. The molecule has 0 aromatic heterocycles. The van der Waals surface area contributed by atoms with Gasteiger partial charge in [-0.3, -0.25) is 0 Å². The Hall–Kier alpha value is -1.04. The summed E-state index contributed by atoms with van der Waals surface area (Å²) in [5.74, 6) is 0.614. The predicted molar refractivity (Wildman–Crippen MR) is 71.3 cm³/mol. The maximum Gasteiger partial charge on any atom is 0.488 e. The Morgan fingerprint density at radius 3 is 2.44 bits per heavy atom. The molecule has 1 saturated carbocycles. The lowest BCUT2D eigenvalue weighted by atomic mass is 9.78. The molecule has 2 aliphatic rings. The van der Waals surface area contributed by atoms with Crippen molar-refractivity contribution < 1.29 is 14.8 Å². The molecule has 5 heteroatoms. The minimum absolute atomic E-state index is 0.598. The molecular formula is C13H18BNO3. The van der Waals surface area contributed by atoms with Gasteiger partial charge in [0, 0.05) is 18.8 Å². The van der Waals surface area contributed by atoms with Gasteiger partial charge in [0.05, 0.1) is 13.2 Å². The number of morpholine rings is 1. The molecular weight excluding hydrogens is 229 g/mol. The first-order valence-electron chi connectivity index (χ1n) is 6.58. The van der Waals surface area contributed by atoms with Crippen LogP contribution in [-0.4, -0.2) is 43.5 Å². The molecule has 3 rings (SSSR count). The summed E-state index contributed by atoms with van der Waals surface area (Å²) >= 11 is 0. The van der Waals surface area contributed by atoms with Crippen LogP contribution in [0.4, 0.5) is 5.69 Å². The van der Waals surface area contributed by atoms with Crippen LogP contribution in [0, 0.1) is 0 Å². The van der Waals surface area contributed by atoms with Gasteiger partial charge in [0.15, 0.2) is 0 Å². The summed E-state index contributed by atoms with van der Waals surface area (Å²) < 4.78 is 5.35. The van der Waals surface area contributed by atoms with E-state index in [2.05, 4.69) is 11.0 Å². The van der Waals surface area contributed by atoms with Crippen LogP contribution in [0.15, 0.2) is 18.2 Å². The number of ether oxygens (including phenoxy) is 1. The van der Waals surface area contributed by atoms with Gasteiger partial charge in [0.25, 0.3) is 0 Å². The van der Waals surface area contributed by atoms with Gasteiger partial charge in [0.1, 0.15) is 0 Å². The summed E-state index contributed by atoms with van der Waals surface area (Å²) in [6, 6.07) is 5.99. The van der Waals surface area contributed by atoms with Crippen molar-refractivity contribution in [3.05, 3.63) is 23.8 Å². The smallest absolute Gasteiger partial charge is 0.423 e. The van der Waals surface area contributed by atoms with Crippen LogP contribution in [0.5, 0.6) is 0 Å². The van der Waals surface area contributed by atoms with Gasteiger partial charge in [0.2, 0.25) is 0 Å². The number of hydrogen-bond donors (Lipinski definition) is 2. The SMILES string of the molecule is OB(O)c1cc(C2CC2)cc(N2CCOCC2)c1. The van der Waals surface area contributed by atoms with Crippen LogP contribution in [0.3, 0.4) is 0 Å². The minimum Gasteiger partial charge on any atom is -0.423 e. The monoisotopic (exact) mass is 247 g/mol. The molecule has 0 amide bonds. The van der Waals surface area contributed by atoms with E-state index in [0.717, 1.165) is 32.0 Å². The fraction of sp³-hybridized carbons (Fsp3) is 0.538. The van der Waals surface area contributed by atoms with E-state index < -0.39 is 7.12 Å². The van der Waals surface area contributed by atoms with Gasteiger partial charge in [-0.1, -0.05) is 6.07 Å². The average molecular weight is 247 g/mol. The van der Waals surface area contributed by atoms with Crippen LogP contribution < -0.4 is 10.4 Å². The molecule has 0 bridgehead atoms. The van der Waals surface area contributed by atoms with Crippen molar-refractivity contribution in [2.45, 2.75) is 18.8 Å². The van der Waals surface area contributed by atoms with Crippen molar-refractivity contribution in [2.24, 2.45) is 0 Å². The Balaban J connectivity index is 1.91. The third-order valence-electron chi connectivity index (χ3n) is 3.69. The molecule has 1 aromatic carbocycles. The highest BCUT2D eigenvalue weighted by atomic mass is 16.5. The zero-order valence-electron chi connectivity index (χ0n) is 10.4. The second-order valence-electron chi connectivity index (χ2n) is 5.11. The van der Waals surface area contributed by atoms with Crippen molar-refractivity contribution in [1.29, 1.82) is 0 Å². The number of nitrogens with zero attached hydrogens (tertiary/aromatic N) is 1. The van der Waals surface area contributed by atoms with Crippen molar-refractivity contribution in [3.8, 4) is 0 Å². The van der Waals surface area contributed by atoms with Crippen LogP contribution in [-0.2, 0) is 4.74 Å². The van der Waals surface area contributed by atoms with E-state index in [1.807, 2.05) is 12.1 Å². The molecule has 1 heterocycles. The van der Waals surface area contributed by atoms with E-state index in [-0.39, 0.29) is 0 Å². The molecule has 1 aliphatic carbocycles. The molecule has 4 nitrogen and oxygen atoms in total. The topological polar surface area (TPSA) is 52.9 Å². The first-order valence-corrected chi connectivity index (χ1v) is 6.58. The third-order valence-corrected chi connectivity index (χ3v) is 3.69. The zero-order chi connectivity index (χ0) is 12.5. The van der Waals surface area contributed by atoms with E-state index in [9.17, 15) is 10.0 Å². The Kier molecular flexibility index (Phi) is 3.28. The molecule has 18 heavy (non-hydrogen) atoms. The number of benzene rings is 1. The third kappa shape index (κ3) is 2.53. The number of rotatable bonds is 3. The van der Waals surface area contributed by atoms with Crippen molar-refractivity contribution >= 4 is 18.3 Å². The Labute approximate surface area is 107 Å². The molecule has 2 N–H and O–H groups in total. The van der Waals surface area contributed by atoms with E-state index in [1.165, 1.54) is 18.4 Å². The van der Waals surface area contributed by atoms with Gasteiger partial charge in [-0.25, -0.2) is 0 Å². The van der Waals surface area contributed by atoms with Gasteiger partial charge in [-0.15, -0.1) is 0 Å². The quantitative estimate of drug-likeness (QED) is 0.743. The summed E-state index contributed by atoms with van der Waals surface area (Å²) in [6.45, 7) is 3.22. The van der Waals surface area contributed by atoms with Gasteiger partial charge in [-0.2, -0.15) is 0 Å². The Morgan fingerprint density at radius 1 is 1.11 bits per heavy atom. The molecule has 0 unspecified atom stereocenters. The lowest BCUT2D eigenvalue weighted by Gasteiger charge is -2.29. The maximum atomic E-state index is 9.39. The van der Waals surface area contributed by atoms with Crippen LogP contribution in [0.25, 0.3) is 0 Å². The minimum atomic E-state index is -1.39. The lowest BCUT2D eigenvalue weighted by molar-refractivity contribution is 0.122. The highest BCUT2D eigenvalue weighted by molar-refractivity contribution is 6.58. The summed E-state index contributed by atoms with van der Waals surface area (Å²) in [4.78, 5) is 2.25. The molecule has 2 fully saturated rings. The lowest BCUT2D eigenvalue weighted by Crippen LogP contribution is -2.38. The fourth-order valence-electron chi connectivity index (χ4n) is 2.46. The molecule has 1 saturated heterocycles. The number of anilines is 1. The predicted octanol–water partition coefficient (Wildman–Crippen LogP) is 0.0804. The average Bonchev–Trinajstić information content (AvgIpc) is 3.23. The van der Waals surface area contributed by atoms with E-state index in [0.29, 0.717) is 11.4 Å². The second kappa shape index (κ2) is 4.92. The maximum absolute atomic E-state index is 9.39. The first-order chi connectivity index (χ1) is 8.74. The van der Waals surface area contributed by atoms with Gasteiger partial charge < -0.3 is 19.7 Å². The highest BCUT2D eigenvalue weighted by Gasteiger charge is 2.26. The van der Waals surface area contributed by atoms with Crippen molar-refractivity contribution in [2.75, 3.05) is 31.2 Å². The molecule has 0 radical (unpaired) electrons. The molecule has 1 aliphatic heterocycles. The van der Waals surface area contributed by atoms with Crippen LogP contribution in [0.2, 0.25) is 0 Å². The summed E-state index contributed by atoms with van der Waals surface area (Å²) in [6.07, 6.45) is 2.43. The fourth-order valence-corrected chi connectivity index (χ4v) is 2.46. The van der Waals surface area contributed by atoms with E-state index in [4.69, 9.17) is 4.74 Å². The van der Waals surface area contributed by atoms with Crippen LogP contribution in [0.1, 0.15) is 24.3 Å². The van der Waals surface area contributed by atoms with Crippen LogP contribution >= 0.6 is 0 Å². The molecule has 0 spiro atoms. The summed E-state index contributed by atoms with van der Waals surface area (Å²) in [5.41, 5.74) is 2.92. The standard InChI is InChI=1S/C13H18BNO3/c16-14(17)12-7-11(10-1-2-10)8-13(9-12)15-3-5-18-6-4-15/h7-10,16-17H,1-6H2. The Bertz CT molecular complexity index is 408. The van der Waals surface area contributed by atoms with Crippen molar-refractivity contribution in [1.82, 2.24) is 0 Å². The highest BCUT2D eigenvalue weighted by Crippen LogP contribution is 2.40. The molecule has 96 valence electrons. The normalized spacial score (nSPS) is 20.0.